The van der Waals surface area contributed by atoms with Gasteiger partial charge in [-0.2, -0.15) is 0 Å². The molecule has 0 heterocycles. The lowest BCUT2D eigenvalue weighted by Crippen LogP contribution is -2.36. The van der Waals surface area contributed by atoms with Crippen LogP contribution in [0.2, 0.25) is 0 Å². The van der Waals surface area contributed by atoms with E-state index in [1.54, 1.807) is 19.0 Å². The molecular weight excluding hydrogens is 256 g/mol. The number of aliphatic hydroxyl groups is 1. The van der Waals surface area contributed by atoms with E-state index in [0.717, 1.165) is 12.8 Å². The van der Waals surface area contributed by atoms with Crippen LogP contribution in [0, 0.1) is 0 Å². The molecule has 0 aromatic heterocycles. The Kier molecular flexibility index (Phi) is 12.9. The maximum atomic E-state index is 11.3. The minimum absolute atomic E-state index is 0.245. The van der Waals surface area contributed by atoms with Crippen LogP contribution in [0.15, 0.2) is 0 Å². The van der Waals surface area contributed by atoms with Gasteiger partial charge in [-0.05, 0) is 20.5 Å². The average Bonchev–Trinajstić information content (AvgIpc) is 2.38. The molecule has 0 aromatic carbocycles. The molecular formula is C15H32N2O3. The summed E-state index contributed by atoms with van der Waals surface area (Å²) in [5.41, 5.74) is 2.26. The van der Waals surface area contributed by atoms with E-state index in [4.69, 9.17) is 4.84 Å². The van der Waals surface area contributed by atoms with Crippen molar-refractivity contribution in [3.63, 3.8) is 0 Å². The first kappa shape index (κ1) is 19.4. The number of aliphatic hydroxyl groups excluding tert-OH is 1. The Labute approximate surface area is 123 Å². The monoisotopic (exact) mass is 288 g/mol. The smallest absolute Gasteiger partial charge is 0.257 e. The third-order valence-corrected chi connectivity index (χ3v) is 3.07. The summed E-state index contributed by atoms with van der Waals surface area (Å²) in [6.45, 7) is 2.48. The van der Waals surface area contributed by atoms with Crippen molar-refractivity contribution < 1.29 is 14.7 Å². The van der Waals surface area contributed by atoms with Crippen molar-refractivity contribution in [2.24, 2.45) is 0 Å². The molecule has 0 rings (SSSR count). The molecule has 0 bridgehead atoms. The summed E-state index contributed by atoms with van der Waals surface area (Å²) < 4.78 is 0. The van der Waals surface area contributed by atoms with E-state index in [-0.39, 0.29) is 12.5 Å². The van der Waals surface area contributed by atoms with Gasteiger partial charge in [-0.25, -0.2) is 10.3 Å². The molecule has 120 valence electrons. The highest BCUT2D eigenvalue weighted by Gasteiger charge is 2.08. The van der Waals surface area contributed by atoms with Crippen LogP contribution in [-0.4, -0.2) is 42.8 Å². The van der Waals surface area contributed by atoms with Gasteiger partial charge in [-0.15, -0.1) is 0 Å². The van der Waals surface area contributed by atoms with E-state index in [2.05, 4.69) is 12.4 Å². The molecule has 20 heavy (non-hydrogen) atoms. The predicted molar refractivity (Wildman–Crippen MR) is 81.0 cm³/mol. The van der Waals surface area contributed by atoms with Gasteiger partial charge in [-0.3, -0.25) is 4.79 Å². The summed E-state index contributed by atoms with van der Waals surface area (Å²) in [5.74, 6) is -0.245. The zero-order valence-electron chi connectivity index (χ0n) is 13.4. The first-order valence-electron chi connectivity index (χ1n) is 7.83. The lowest BCUT2D eigenvalue weighted by atomic mass is 10.1. The van der Waals surface area contributed by atoms with Crippen molar-refractivity contribution in [3.8, 4) is 0 Å². The minimum Gasteiger partial charge on any atom is -0.366 e. The number of hydrogen-bond donors (Lipinski definition) is 2. The second kappa shape index (κ2) is 13.3. The molecule has 5 heteroatoms. The van der Waals surface area contributed by atoms with Crippen molar-refractivity contribution >= 4 is 5.91 Å². The van der Waals surface area contributed by atoms with Crippen LogP contribution in [0.25, 0.3) is 0 Å². The molecule has 1 unspecified atom stereocenters. The molecule has 5 nitrogen and oxygen atoms in total. The number of likely N-dealkylation sites (N-methyl/N-ethyl adjacent to an activating group) is 1. The van der Waals surface area contributed by atoms with E-state index in [0.29, 0.717) is 6.42 Å². The topological polar surface area (TPSA) is 61.8 Å². The summed E-state index contributed by atoms with van der Waals surface area (Å²) >= 11 is 0. The number of carbonyl (C=O) groups excluding carboxylic acids is 1. The van der Waals surface area contributed by atoms with Crippen LogP contribution >= 0.6 is 0 Å². The van der Waals surface area contributed by atoms with Gasteiger partial charge in [0.15, 0.2) is 6.29 Å². The number of nitrogens with one attached hydrogen (secondary N) is 1. The Bertz CT molecular complexity index is 235. The van der Waals surface area contributed by atoms with E-state index in [9.17, 15) is 9.90 Å². The quantitative estimate of drug-likeness (QED) is 0.310. The predicted octanol–water partition coefficient (Wildman–Crippen LogP) is 2.45. The van der Waals surface area contributed by atoms with Gasteiger partial charge in [0.25, 0.3) is 5.91 Å². The molecule has 1 atom stereocenters. The zero-order chi connectivity index (χ0) is 15.2. The van der Waals surface area contributed by atoms with Crippen LogP contribution in [0.4, 0.5) is 0 Å². The fourth-order valence-corrected chi connectivity index (χ4v) is 1.96. The first-order chi connectivity index (χ1) is 9.56. The molecule has 0 aliphatic rings. The zero-order valence-corrected chi connectivity index (χ0v) is 13.4. The molecule has 0 fully saturated rings. The molecule has 0 saturated heterocycles. The fourth-order valence-electron chi connectivity index (χ4n) is 1.96. The summed E-state index contributed by atoms with van der Waals surface area (Å²) in [4.78, 5) is 17.9. The average molecular weight is 288 g/mol. The van der Waals surface area contributed by atoms with Gasteiger partial charge in [0.1, 0.15) is 0 Å². The molecule has 0 aromatic rings. The molecule has 0 radical (unpaired) electrons. The van der Waals surface area contributed by atoms with Crippen LogP contribution in [-0.2, 0) is 9.63 Å². The number of unbranched alkanes of at least 4 members (excludes halogenated alkanes) is 7. The van der Waals surface area contributed by atoms with Crippen molar-refractivity contribution in [1.29, 1.82) is 0 Å². The van der Waals surface area contributed by atoms with Crippen LogP contribution < -0.4 is 5.48 Å². The fraction of sp³-hybridized carbons (Fsp3) is 0.933. The van der Waals surface area contributed by atoms with Crippen molar-refractivity contribution in [3.05, 3.63) is 0 Å². The van der Waals surface area contributed by atoms with Crippen LogP contribution in [0.3, 0.4) is 0 Å². The standard InChI is InChI=1S/C15H32N2O3/c1-4-5-6-7-8-9-10-11-12-15(19)20-16-14(18)13-17(2)3/h15,19H,4-13H2,1-3H3,(H,16,18). The summed E-state index contributed by atoms with van der Waals surface area (Å²) in [6, 6.07) is 0. The first-order valence-corrected chi connectivity index (χ1v) is 7.83. The third-order valence-electron chi connectivity index (χ3n) is 3.07. The van der Waals surface area contributed by atoms with Gasteiger partial charge in [0.05, 0.1) is 6.54 Å². The van der Waals surface area contributed by atoms with Crippen LogP contribution in [0.5, 0.6) is 0 Å². The maximum absolute atomic E-state index is 11.3. The minimum atomic E-state index is -0.902. The molecule has 0 aliphatic carbocycles. The SMILES string of the molecule is CCCCCCCCCCC(O)ONC(=O)CN(C)C. The van der Waals surface area contributed by atoms with Gasteiger partial charge in [0.2, 0.25) is 0 Å². The van der Waals surface area contributed by atoms with Crippen LogP contribution in [0.1, 0.15) is 64.7 Å². The van der Waals surface area contributed by atoms with Gasteiger partial charge in [-0.1, -0.05) is 51.9 Å². The molecule has 0 spiro atoms. The Morgan fingerprint density at radius 2 is 1.65 bits per heavy atom. The van der Waals surface area contributed by atoms with Gasteiger partial charge >= 0.3 is 0 Å². The normalized spacial score (nSPS) is 12.7. The summed E-state index contributed by atoms with van der Waals surface area (Å²) in [6.07, 6.45) is 9.45. The third kappa shape index (κ3) is 13.8. The van der Waals surface area contributed by atoms with Crippen molar-refractivity contribution in [1.82, 2.24) is 10.4 Å². The Morgan fingerprint density at radius 1 is 1.10 bits per heavy atom. The maximum Gasteiger partial charge on any atom is 0.257 e. The number of hydrogen-bond acceptors (Lipinski definition) is 4. The van der Waals surface area contributed by atoms with Gasteiger partial charge in [0, 0.05) is 6.42 Å². The van der Waals surface area contributed by atoms with Crippen molar-refractivity contribution in [2.45, 2.75) is 71.0 Å². The molecule has 1 amide bonds. The highest BCUT2D eigenvalue weighted by molar-refractivity contribution is 5.76. The second-order valence-corrected chi connectivity index (χ2v) is 5.60. The van der Waals surface area contributed by atoms with E-state index in [1.807, 2.05) is 0 Å². The Hall–Kier alpha value is -0.650. The summed E-state index contributed by atoms with van der Waals surface area (Å²) in [5, 5.41) is 9.55. The second-order valence-electron chi connectivity index (χ2n) is 5.60. The molecule has 2 N–H and O–H groups in total. The highest BCUT2D eigenvalue weighted by atomic mass is 16.7. The van der Waals surface area contributed by atoms with Gasteiger partial charge < -0.3 is 10.0 Å². The highest BCUT2D eigenvalue weighted by Crippen LogP contribution is 2.10. The molecule has 0 saturated carbocycles. The summed E-state index contributed by atoms with van der Waals surface area (Å²) in [7, 11) is 3.60. The lowest BCUT2D eigenvalue weighted by molar-refractivity contribution is -0.169. The van der Waals surface area contributed by atoms with E-state index >= 15 is 0 Å². The number of rotatable bonds is 13. The van der Waals surface area contributed by atoms with Crippen molar-refractivity contribution in [2.75, 3.05) is 20.6 Å². The van der Waals surface area contributed by atoms with E-state index < -0.39 is 6.29 Å². The molecule has 0 aliphatic heterocycles. The number of amides is 1. The number of nitrogens with zero attached hydrogens (tertiary/aromatic N) is 1. The lowest BCUT2D eigenvalue weighted by Gasteiger charge is -2.13. The number of hydroxylamine groups is 1. The van der Waals surface area contributed by atoms with E-state index in [1.165, 1.54) is 38.5 Å². The Morgan fingerprint density at radius 3 is 2.20 bits per heavy atom. The Balaban J connectivity index is 3.32. The largest absolute Gasteiger partial charge is 0.366 e. The number of carbonyl (C=O) groups is 1.